The summed E-state index contributed by atoms with van der Waals surface area (Å²) in [5.41, 5.74) is -0.678. The van der Waals surface area contributed by atoms with E-state index in [2.05, 4.69) is 10.3 Å². The molecule has 2 rings (SSSR count). The third kappa shape index (κ3) is 3.93. The number of carboxylic acid groups (broad SMARTS) is 1. The van der Waals surface area contributed by atoms with Gasteiger partial charge in [-0.1, -0.05) is 19.3 Å². The largest absolute Gasteiger partial charge is 0.481 e. The Morgan fingerprint density at radius 2 is 2.00 bits per heavy atom. The number of nitrogens with one attached hydrogen (secondary N) is 2. The molecule has 0 unspecified atom stereocenters. The summed E-state index contributed by atoms with van der Waals surface area (Å²) in [7, 11) is 0. The molecule has 0 aromatic carbocycles. The Hall–Kier alpha value is -2.11. The molecule has 0 radical (unpaired) electrons. The number of aliphatic carboxylic acids is 1. The number of amides is 1. The Balaban J connectivity index is 2.05. The molecule has 1 saturated carbocycles. The lowest BCUT2D eigenvalue weighted by Gasteiger charge is -2.36. The van der Waals surface area contributed by atoms with Gasteiger partial charge in [0.15, 0.2) is 5.43 Å². The van der Waals surface area contributed by atoms with Gasteiger partial charge in [-0.3, -0.25) is 14.4 Å². The number of carbonyl (C=O) groups excluding carboxylic acids is 1. The van der Waals surface area contributed by atoms with Gasteiger partial charge in [-0.2, -0.15) is 0 Å². The maximum atomic E-state index is 12.1. The first-order chi connectivity index (χ1) is 10.0. The molecular formula is C15H20N2O4. The van der Waals surface area contributed by atoms with Crippen LogP contribution in [0.15, 0.2) is 23.3 Å². The van der Waals surface area contributed by atoms with Crippen molar-refractivity contribution in [1.29, 1.82) is 0 Å². The maximum Gasteiger partial charge on any atom is 0.303 e. The van der Waals surface area contributed by atoms with Crippen molar-refractivity contribution in [3.8, 4) is 0 Å². The Morgan fingerprint density at radius 1 is 1.29 bits per heavy atom. The molecule has 0 spiro atoms. The number of hydrogen-bond acceptors (Lipinski definition) is 3. The van der Waals surface area contributed by atoms with E-state index >= 15 is 0 Å². The van der Waals surface area contributed by atoms with Gasteiger partial charge >= 0.3 is 5.97 Å². The van der Waals surface area contributed by atoms with Crippen LogP contribution in [0, 0.1) is 5.41 Å². The second-order valence-electron chi connectivity index (χ2n) is 5.74. The van der Waals surface area contributed by atoms with Gasteiger partial charge in [0.25, 0.3) is 5.91 Å². The molecule has 1 fully saturated rings. The predicted octanol–water partition coefficient (Wildman–Crippen LogP) is 1.53. The minimum atomic E-state index is -0.844. The molecule has 1 aromatic rings. The van der Waals surface area contributed by atoms with Crippen LogP contribution in [0.1, 0.15) is 48.9 Å². The summed E-state index contributed by atoms with van der Waals surface area (Å²) in [6.45, 7) is 0.298. The zero-order valence-corrected chi connectivity index (χ0v) is 11.9. The molecule has 1 heterocycles. The van der Waals surface area contributed by atoms with Gasteiger partial charge in [-0.25, -0.2) is 0 Å². The summed E-state index contributed by atoms with van der Waals surface area (Å²) in [6, 6.07) is 1.29. The van der Waals surface area contributed by atoms with Crippen molar-refractivity contribution < 1.29 is 14.7 Å². The van der Waals surface area contributed by atoms with Crippen molar-refractivity contribution in [2.45, 2.75) is 38.5 Å². The van der Waals surface area contributed by atoms with Crippen LogP contribution in [0.5, 0.6) is 0 Å². The molecule has 21 heavy (non-hydrogen) atoms. The van der Waals surface area contributed by atoms with Crippen LogP contribution in [0.4, 0.5) is 0 Å². The fraction of sp³-hybridized carbons (Fsp3) is 0.533. The number of aromatic amines is 1. The first-order valence-corrected chi connectivity index (χ1v) is 7.20. The van der Waals surface area contributed by atoms with Gasteiger partial charge < -0.3 is 15.4 Å². The fourth-order valence-corrected chi connectivity index (χ4v) is 3.00. The van der Waals surface area contributed by atoms with E-state index in [9.17, 15) is 14.4 Å². The molecule has 6 heteroatoms. The lowest BCUT2D eigenvalue weighted by atomic mass is 9.71. The number of aromatic nitrogens is 1. The van der Waals surface area contributed by atoms with Gasteiger partial charge in [0.1, 0.15) is 5.56 Å². The van der Waals surface area contributed by atoms with Crippen LogP contribution in [0.3, 0.4) is 0 Å². The second-order valence-corrected chi connectivity index (χ2v) is 5.74. The van der Waals surface area contributed by atoms with Crippen LogP contribution >= 0.6 is 0 Å². The second kappa shape index (κ2) is 6.56. The highest BCUT2D eigenvalue weighted by atomic mass is 16.4. The van der Waals surface area contributed by atoms with Gasteiger partial charge in [0.2, 0.25) is 0 Å². The summed E-state index contributed by atoms with van der Waals surface area (Å²) >= 11 is 0. The summed E-state index contributed by atoms with van der Waals surface area (Å²) in [5.74, 6) is -1.30. The number of hydrogen-bond donors (Lipinski definition) is 3. The van der Waals surface area contributed by atoms with Gasteiger partial charge in [0, 0.05) is 25.0 Å². The molecule has 1 aromatic heterocycles. The smallest absolute Gasteiger partial charge is 0.303 e. The molecule has 0 atom stereocenters. The van der Waals surface area contributed by atoms with Crippen molar-refractivity contribution in [2.24, 2.45) is 5.41 Å². The minimum Gasteiger partial charge on any atom is -0.481 e. The highest BCUT2D eigenvalue weighted by Gasteiger charge is 2.34. The Bertz CT molecular complexity index is 573. The fourth-order valence-electron chi connectivity index (χ4n) is 3.00. The van der Waals surface area contributed by atoms with Crippen molar-refractivity contribution in [1.82, 2.24) is 10.3 Å². The van der Waals surface area contributed by atoms with Crippen LogP contribution in [0.2, 0.25) is 0 Å². The summed E-state index contributed by atoms with van der Waals surface area (Å²) in [6.07, 6.45) is 7.54. The monoisotopic (exact) mass is 292 g/mol. The van der Waals surface area contributed by atoms with Crippen LogP contribution in [0.25, 0.3) is 0 Å². The third-order valence-corrected chi connectivity index (χ3v) is 4.13. The average molecular weight is 292 g/mol. The highest BCUT2D eigenvalue weighted by Crippen LogP contribution is 2.38. The predicted molar refractivity (Wildman–Crippen MR) is 77.2 cm³/mol. The topological polar surface area (TPSA) is 99.3 Å². The van der Waals surface area contributed by atoms with E-state index in [0.29, 0.717) is 6.54 Å². The van der Waals surface area contributed by atoms with Crippen LogP contribution in [-0.2, 0) is 4.79 Å². The number of pyridine rings is 1. The number of H-pyrrole nitrogens is 1. The van der Waals surface area contributed by atoms with Crippen molar-refractivity contribution in [3.05, 3.63) is 34.2 Å². The van der Waals surface area contributed by atoms with Crippen molar-refractivity contribution in [2.75, 3.05) is 6.54 Å². The summed E-state index contributed by atoms with van der Waals surface area (Å²) in [5, 5.41) is 11.8. The molecule has 0 bridgehead atoms. The number of carboxylic acids is 1. The van der Waals surface area contributed by atoms with Gasteiger partial charge in [-0.15, -0.1) is 0 Å². The Morgan fingerprint density at radius 3 is 2.62 bits per heavy atom. The third-order valence-electron chi connectivity index (χ3n) is 4.13. The quantitative estimate of drug-likeness (QED) is 0.766. The van der Waals surface area contributed by atoms with Crippen LogP contribution in [-0.4, -0.2) is 28.5 Å². The SMILES string of the molecule is O=C(O)CC1(CNC(=O)c2c[nH]ccc2=O)CCCCC1. The molecule has 0 aliphatic heterocycles. The zero-order valence-electron chi connectivity index (χ0n) is 11.9. The molecule has 1 aliphatic rings. The molecule has 114 valence electrons. The van der Waals surface area contributed by atoms with Gasteiger partial charge in [-0.05, 0) is 18.3 Å². The first-order valence-electron chi connectivity index (χ1n) is 7.20. The summed E-state index contributed by atoms with van der Waals surface area (Å²) < 4.78 is 0. The average Bonchev–Trinajstić information content (AvgIpc) is 2.46. The summed E-state index contributed by atoms with van der Waals surface area (Å²) in [4.78, 5) is 37.4. The molecule has 1 amide bonds. The van der Waals surface area contributed by atoms with E-state index in [4.69, 9.17) is 5.11 Å². The molecule has 3 N–H and O–H groups in total. The van der Waals surface area contributed by atoms with E-state index < -0.39 is 11.9 Å². The van der Waals surface area contributed by atoms with Crippen LogP contribution < -0.4 is 10.7 Å². The van der Waals surface area contributed by atoms with E-state index in [-0.39, 0.29) is 22.8 Å². The zero-order chi connectivity index (χ0) is 15.3. The first kappa shape index (κ1) is 15.3. The Kier molecular flexibility index (Phi) is 4.77. The lowest BCUT2D eigenvalue weighted by molar-refractivity contribution is -0.140. The van der Waals surface area contributed by atoms with Crippen molar-refractivity contribution in [3.63, 3.8) is 0 Å². The van der Waals surface area contributed by atoms with E-state index in [1.165, 1.54) is 18.5 Å². The molecule has 1 aliphatic carbocycles. The maximum absolute atomic E-state index is 12.1. The highest BCUT2D eigenvalue weighted by molar-refractivity contribution is 5.93. The molecular weight excluding hydrogens is 272 g/mol. The van der Waals surface area contributed by atoms with Crippen molar-refractivity contribution >= 4 is 11.9 Å². The normalized spacial score (nSPS) is 17.1. The number of carbonyl (C=O) groups is 2. The van der Waals surface area contributed by atoms with Gasteiger partial charge in [0.05, 0.1) is 6.42 Å². The van der Waals surface area contributed by atoms with E-state index in [0.717, 1.165) is 32.1 Å². The number of rotatable bonds is 5. The van der Waals surface area contributed by atoms with E-state index in [1.54, 1.807) is 0 Å². The standard InChI is InChI=1S/C15H20N2O4/c18-12-4-7-16-9-11(12)14(21)17-10-15(8-13(19)20)5-2-1-3-6-15/h4,7,9H,1-3,5-6,8,10H2,(H,16,18)(H,17,21)(H,19,20). The molecule has 0 saturated heterocycles. The molecule has 6 nitrogen and oxygen atoms in total. The Labute approximate surface area is 122 Å². The minimum absolute atomic E-state index is 0.0540. The van der Waals surface area contributed by atoms with E-state index in [1.807, 2.05) is 0 Å². The lowest BCUT2D eigenvalue weighted by Crippen LogP contribution is -2.41.